The van der Waals surface area contributed by atoms with Gasteiger partial charge in [0.2, 0.25) is 0 Å². The zero-order valence-electron chi connectivity index (χ0n) is 6.61. The van der Waals surface area contributed by atoms with Gasteiger partial charge in [-0.05, 0) is 24.1 Å². The molecule has 1 radical (unpaired) electrons. The summed E-state index contributed by atoms with van der Waals surface area (Å²) in [6.07, 6.45) is 0.538. The summed E-state index contributed by atoms with van der Waals surface area (Å²) in [6.45, 7) is 1.81. The molecule has 4 heteroatoms. The van der Waals surface area contributed by atoms with Crippen LogP contribution in [0.5, 0.6) is 0 Å². The molecule has 0 aromatic heterocycles. The standard InChI is InChI=1S/C8H9O3S/c1-2-7-5-3-4-6-8(7)12(9,10)11/h3-4,6H,2H2,1H3,(H,9,10,11). The van der Waals surface area contributed by atoms with Crippen molar-refractivity contribution in [2.45, 2.75) is 18.2 Å². The first-order valence-electron chi connectivity index (χ1n) is 3.52. The minimum absolute atomic E-state index is 0.0486. The highest BCUT2D eigenvalue weighted by Gasteiger charge is 2.12. The third kappa shape index (κ3) is 1.84. The van der Waals surface area contributed by atoms with Crippen LogP contribution in [0, 0.1) is 6.07 Å². The Morgan fingerprint density at radius 3 is 2.67 bits per heavy atom. The van der Waals surface area contributed by atoms with E-state index in [1.54, 1.807) is 13.0 Å². The average Bonchev–Trinajstić information content (AvgIpc) is 2.03. The van der Waals surface area contributed by atoms with Gasteiger partial charge in [0.1, 0.15) is 0 Å². The number of hydrogen-bond acceptors (Lipinski definition) is 2. The molecule has 1 rings (SSSR count). The molecular formula is C8H9O3S. The van der Waals surface area contributed by atoms with Crippen molar-refractivity contribution in [3.63, 3.8) is 0 Å². The van der Waals surface area contributed by atoms with Crippen LogP contribution in [0.3, 0.4) is 0 Å². The summed E-state index contributed by atoms with van der Waals surface area (Å²) in [6, 6.07) is 7.27. The predicted octanol–water partition coefficient (Wildman–Crippen LogP) is 1.30. The SMILES string of the molecule is CCc1[c]cccc1S(=O)(=O)O. The maximum Gasteiger partial charge on any atom is 0.294 e. The van der Waals surface area contributed by atoms with E-state index in [1.807, 2.05) is 0 Å². The molecule has 0 heterocycles. The Bertz CT molecular complexity index is 368. The lowest BCUT2D eigenvalue weighted by Gasteiger charge is -2.01. The normalized spacial score (nSPS) is 11.5. The number of rotatable bonds is 2. The lowest BCUT2D eigenvalue weighted by molar-refractivity contribution is 0.482. The van der Waals surface area contributed by atoms with Gasteiger partial charge in [-0.2, -0.15) is 8.42 Å². The second-order valence-electron chi connectivity index (χ2n) is 2.34. The summed E-state index contributed by atoms with van der Waals surface area (Å²) in [4.78, 5) is -0.0486. The van der Waals surface area contributed by atoms with Crippen LogP contribution in [0.2, 0.25) is 0 Å². The van der Waals surface area contributed by atoms with Crippen molar-refractivity contribution in [2.75, 3.05) is 0 Å². The van der Waals surface area contributed by atoms with Gasteiger partial charge in [0, 0.05) is 0 Å². The molecule has 0 aliphatic rings. The van der Waals surface area contributed by atoms with Crippen LogP contribution in [-0.4, -0.2) is 13.0 Å². The second kappa shape index (κ2) is 3.25. The molecule has 0 spiro atoms. The summed E-state index contributed by atoms with van der Waals surface area (Å²) in [5.41, 5.74) is 0.514. The molecule has 0 saturated heterocycles. The van der Waals surface area contributed by atoms with Gasteiger partial charge in [-0.3, -0.25) is 4.55 Å². The molecule has 0 saturated carbocycles. The molecule has 0 aliphatic heterocycles. The van der Waals surface area contributed by atoms with Gasteiger partial charge in [-0.15, -0.1) is 0 Å². The van der Waals surface area contributed by atoms with Crippen LogP contribution in [0.1, 0.15) is 12.5 Å². The lowest BCUT2D eigenvalue weighted by Crippen LogP contribution is -2.02. The highest BCUT2D eigenvalue weighted by atomic mass is 32.2. The van der Waals surface area contributed by atoms with Gasteiger partial charge in [0.25, 0.3) is 10.1 Å². The van der Waals surface area contributed by atoms with Crippen molar-refractivity contribution in [1.82, 2.24) is 0 Å². The third-order valence-electron chi connectivity index (χ3n) is 1.53. The fraction of sp³-hybridized carbons (Fsp3) is 0.250. The maximum atomic E-state index is 10.7. The third-order valence-corrected chi connectivity index (χ3v) is 2.47. The quantitative estimate of drug-likeness (QED) is 0.706. The van der Waals surface area contributed by atoms with Crippen molar-refractivity contribution in [2.24, 2.45) is 0 Å². The van der Waals surface area contributed by atoms with Crippen LogP contribution >= 0.6 is 0 Å². The van der Waals surface area contributed by atoms with E-state index in [9.17, 15) is 8.42 Å². The van der Waals surface area contributed by atoms with E-state index in [0.717, 1.165) is 0 Å². The predicted molar refractivity (Wildman–Crippen MR) is 44.5 cm³/mol. The van der Waals surface area contributed by atoms with Crippen molar-refractivity contribution in [3.8, 4) is 0 Å². The zero-order chi connectivity index (χ0) is 9.19. The summed E-state index contributed by atoms with van der Waals surface area (Å²) in [5.74, 6) is 0. The fourth-order valence-electron chi connectivity index (χ4n) is 0.974. The molecule has 12 heavy (non-hydrogen) atoms. The lowest BCUT2D eigenvalue weighted by atomic mass is 10.2. The van der Waals surface area contributed by atoms with Gasteiger partial charge in [-0.1, -0.05) is 19.1 Å². The van der Waals surface area contributed by atoms with Gasteiger partial charge < -0.3 is 0 Å². The number of aryl methyl sites for hydroxylation is 1. The highest BCUT2D eigenvalue weighted by molar-refractivity contribution is 7.85. The van der Waals surface area contributed by atoms with Gasteiger partial charge in [0.15, 0.2) is 0 Å². The van der Waals surface area contributed by atoms with E-state index in [-0.39, 0.29) is 4.90 Å². The molecule has 0 aliphatic carbocycles. The van der Waals surface area contributed by atoms with Crippen LogP contribution in [-0.2, 0) is 16.5 Å². The second-order valence-corrected chi connectivity index (χ2v) is 3.73. The first-order valence-corrected chi connectivity index (χ1v) is 4.96. The first-order chi connectivity index (χ1) is 5.55. The Labute approximate surface area is 71.8 Å². The molecular weight excluding hydrogens is 176 g/mol. The minimum atomic E-state index is -4.08. The largest absolute Gasteiger partial charge is 0.294 e. The molecule has 65 valence electrons. The zero-order valence-corrected chi connectivity index (χ0v) is 7.43. The van der Waals surface area contributed by atoms with Crippen LogP contribution in [0.4, 0.5) is 0 Å². The molecule has 1 aromatic rings. The van der Waals surface area contributed by atoms with Crippen LogP contribution in [0.15, 0.2) is 23.1 Å². The average molecular weight is 185 g/mol. The molecule has 1 N–H and O–H groups in total. The van der Waals surface area contributed by atoms with E-state index in [1.165, 1.54) is 12.1 Å². The van der Waals surface area contributed by atoms with E-state index in [4.69, 9.17) is 4.55 Å². The van der Waals surface area contributed by atoms with Gasteiger partial charge >= 0.3 is 0 Å². The smallest absolute Gasteiger partial charge is 0.282 e. The number of benzene rings is 1. The summed E-state index contributed by atoms with van der Waals surface area (Å²) >= 11 is 0. The summed E-state index contributed by atoms with van der Waals surface area (Å²) < 4.78 is 30.2. The summed E-state index contributed by atoms with van der Waals surface area (Å²) in [7, 11) is -4.08. The fourth-order valence-corrected chi connectivity index (χ4v) is 1.74. The topological polar surface area (TPSA) is 54.4 Å². The molecule has 3 nitrogen and oxygen atoms in total. The van der Waals surface area contributed by atoms with E-state index in [2.05, 4.69) is 6.07 Å². The van der Waals surface area contributed by atoms with Gasteiger partial charge in [-0.25, -0.2) is 0 Å². The first kappa shape index (κ1) is 9.22. The highest BCUT2D eigenvalue weighted by Crippen LogP contribution is 2.14. The Balaban J connectivity index is 3.33. The Morgan fingerprint density at radius 1 is 1.58 bits per heavy atom. The monoisotopic (exact) mass is 185 g/mol. The van der Waals surface area contributed by atoms with E-state index < -0.39 is 10.1 Å². The van der Waals surface area contributed by atoms with Gasteiger partial charge in [0.05, 0.1) is 4.90 Å². The maximum absolute atomic E-state index is 10.7. The molecule has 0 bridgehead atoms. The molecule has 1 aromatic carbocycles. The number of hydrogen-bond donors (Lipinski definition) is 1. The van der Waals surface area contributed by atoms with Crippen LogP contribution < -0.4 is 0 Å². The Kier molecular flexibility index (Phi) is 2.49. The Hall–Kier alpha value is -0.870. The molecule has 0 atom stereocenters. The Morgan fingerprint density at radius 2 is 2.25 bits per heavy atom. The molecule has 0 amide bonds. The molecule has 0 unspecified atom stereocenters. The van der Waals surface area contributed by atoms with Crippen molar-refractivity contribution >= 4 is 10.1 Å². The molecule has 0 fully saturated rings. The summed E-state index contributed by atoms with van der Waals surface area (Å²) in [5, 5.41) is 0. The van der Waals surface area contributed by atoms with Crippen molar-refractivity contribution in [3.05, 3.63) is 29.8 Å². The van der Waals surface area contributed by atoms with Crippen LogP contribution in [0.25, 0.3) is 0 Å². The van der Waals surface area contributed by atoms with E-state index in [0.29, 0.717) is 12.0 Å². The van der Waals surface area contributed by atoms with Crippen molar-refractivity contribution in [1.29, 1.82) is 0 Å². The minimum Gasteiger partial charge on any atom is -0.282 e. The van der Waals surface area contributed by atoms with Crippen molar-refractivity contribution < 1.29 is 13.0 Å². The van der Waals surface area contributed by atoms with E-state index >= 15 is 0 Å².